The number of aliphatic hydroxyl groups excluding tert-OH is 1. The zero-order chi connectivity index (χ0) is 14.4. The average molecular weight is 295 g/mol. The van der Waals surface area contributed by atoms with Crippen LogP contribution in [0.1, 0.15) is 11.9 Å². The molecule has 2 N–H and O–H groups in total. The van der Waals surface area contributed by atoms with E-state index in [-0.39, 0.29) is 24.0 Å². The molecule has 4 nitrogen and oxygen atoms in total. The number of hydrogen-bond acceptors (Lipinski definition) is 4. The number of aliphatic hydroxyl groups is 1. The Balaban J connectivity index is 1.75. The van der Waals surface area contributed by atoms with E-state index in [2.05, 4.69) is 5.32 Å². The van der Waals surface area contributed by atoms with E-state index in [9.17, 15) is 14.3 Å². The third-order valence-corrected chi connectivity index (χ3v) is 3.61. The van der Waals surface area contributed by atoms with Gasteiger partial charge in [0.05, 0.1) is 18.6 Å². The Hall–Kier alpha value is -1.79. The van der Waals surface area contributed by atoms with Crippen molar-refractivity contribution in [2.75, 3.05) is 12.3 Å². The monoisotopic (exact) mass is 295 g/mol. The predicted molar refractivity (Wildman–Crippen MR) is 73.8 cm³/mol. The highest BCUT2D eigenvalue weighted by molar-refractivity contribution is 8.00. The molecule has 0 aliphatic rings. The number of thioether (sulfide) groups is 1. The highest BCUT2D eigenvalue weighted by Gasteiger charge is 2.12. The molecule has 0 aliphatic heterocycles. The predicted octanol–water partition coefficient (Wildman–Crippen LogP) is 2.36. The van der Waals surface area contributed by atoms with Gasteiger partial charge >= 0.3 is 0 Å². The zero-order valence-electron chi connectivity index (χ0n) is 10.6. The molecule has 1 amide bonds. The Kier molecular flexibility index (Phi) is 5.20. The van der Waals surface area contributed by atoms with Gasteiger partial charge in [-0.15, -0.1) is 11.8 Å². The number of benzene rings is 1. The second-order valence-corrected chi connectivity index (χ2v) is 5.07. The molecule has 106 valence electrons. The average Bonchev–Trinajstić information content (AvgIpc) is 2.98. The summed E-state index contributed by atoms with van der Waals surface area (Å²) in [6.07, 6.45) is 0.571. The first kappa shape index (κ1) is 14.6. The van der Waals surface area contributed by atoms with Crippen molar-refractivity contribution in [3.8, 4) is 0 Å². The summed E-state index contributed by atoms with van der Waals surface area (Å²) >= 11 is 1.11. The lowest BCUT2D eigenvalue weighted by Gasteiger charge is -2.09. The number of nitrogens with one attached hydrogen (secondary N) is 1. The molecule has 6 heteroatoms. The van der Waals surface area contributed by atoms with Crippen LogP contribution in [0.5, 0.6) is 0 Å². The molecule has 1 unspecified atom stereocenters. The standard InChI is InChI=1S/C14H14FNO3S/c15-10-4-1-2-6-13(10)20-9-14(18)16-8-11(17)12-5-3-7-19-12/h1-7,11,17H,8-9H2,(H,16,18). The maximum Gasteiger partial charge on any atom is 0.230 e. The number of rotatable bonds is 6. The SMILES string of the molecule is O=C(CSc1ccccc1F)NCC(O)c1ccco1. The molecule has 0 spiro atoms. The topological polar surface area (TPSA) is 62.5 Å². The smallest absolute Gasteiger partial charge is 0.230 e. The van der Waals surface area contributed by atoms with Gasteiger partial charge in [-0.05, 0) is 24.3 Å². The molecule has 20 heavy (non-hydrogen) atoms. The lowest BCUT2D eigenvalue weighted by atomic mass is 10.3. The normalized spacial score (nSPS) is 12.1. The molecule has 1 aromatic carbocycles. The highest BCUT2D eigenvalue weighted by Crippen LogP contribution is 2.20. The van der Waals surface area contributed by atoms with Crippen LogP contribution >= 0.6 is 11.8 Å². The minimum absolute atomic E-state index is 0.0597. The minimum atomic E-state index is -0.882. The van der Waals surface area contributed by atoms with Crippen molar-refractivity contribution in [2.45, 2.75) is 11.0 Å². The molecular weight excluding hydrogens is 281 g/mol. The van der Waals surface area contributed by atoms with E-state index in [1.165, 1.54) is 12.3 Å². The first-order chi connectivity index (χ1) is 9.66. The molecule has 2 aromatic rings. The summed E-state index contributed by atoms with van der Waals surface area (Å²) in [5, 5.41) is 12.3. The highest BCUT2D eigenvalue weighted by atomic mass is 32.2. The van der Waals surface area contributed by atoms with E-state index in [1.807, 2.05) is 0 Å². The van der Waals surface area contributed by atoms with Gasteiger partial charge in [0.2, 0.25) is 5.91 Å². The Labute approximate surface area is 120 Å². The van der Waals surface area contributed by atoms with Gasteiger partial charge in [0.15, 0.2) is 0 Å². The van der Waals surface area contributed by atoms with E-state index < -0.39 is 6.10 Å². The number of halogens is 1. The van der Waals surface area contributed by atoms with Crippen molar-refractivity contribution in [1.82, 2.24) is 5.32 Å². The molecule has 0 aliphatic carbocycles. The second kappa shape index (κ2) is 7.12. The first-order valence-electron chi connectivity index (χ1n) is 6.02. The van der Waals surface area contributed by atoms with Crippen LogP contribution in [0.2, 0.25) is 0 Å². The van der Waals surface area contributed by atoms with E-state index in [4.69, 9.17) is 4.42 Å². The lowest BCUT2D eigenvalue weighted by molar-refractivity contribution is -0.119. The van der Waals surface area contributed by atoms with Gasteiger partial charge in [-0.3, -0.25) is 4.79 Å². The summed E-state index contributed by atoms with van der Waals surface area (Å²) in [5.74, 6) is -0.136. The van der Waals surface area contributed by atoms with Crippen LogP contribution in [-0.2, 0) is 4.79 Å². The van der Waals surface area contributed by atoms with Crippen molar-refractivity contribution in [3.63, 3.8) is 0 Å². The van der Waals surface area contributed by atoms with Crippen LogP contribution in [0.25, 0.3) is 0 Å². The van der Waals surface area contributed by atoms with Gasteiger partial charge in [-0.2, -0.15) is 0 Å². The van der Waals surface area contributed by atoms with E-state index >= 15 is 0 Å². The lowest BCUT2D eigenvalue weighted by Crippen LogP contribution is -2.29. The molecule has 0 radical (unpaired) electrons. The van der Waals surface area contributed by atoms with Crippen LogP contribution in [0.3, 0.4) is 0 Å². The third kappa shape index (κ3) is 4.11. The van der Waals surface area contributed by atoms with Crippen LogP contribution in [0.15, 0.2) is 52.0 Å². The summed E-state index contributed by atoms with van der Waals surface area (Å²) in [4.78, 5) is 12.0. The Bertz CT molecular complexity index is 559. The van der Waals surface area contributed by atoms with Crippen LogP contribution < -0.4 is 5.32 Å². The Morgan fingerprint density at radius 2 is 2.15 bits per heavy atom. The summed E-state index contributed by atoms with van der Waals surface area (Å²) in [6, 6.07) is 9.56. The number of carbonyl (C=O) groups excluding carboxylic acids is 1. The second-order valence-electron chi connectivity index (χ2n) is 4.05. The fourth-order valence-electron chi connectivity index (χ4n) is 1.55. The third-order valence-electron chi connectivity index (χ3n) is 2.56. The number of hydrogen-bond donors (Lipinski definition) is 2. The molecule has 0 saturated carbocycles. The van der Waals surface area contributed by atoms with E-state index in [0.29, 0.717) is 10.7 Å². The van der Waals surface area contributed by atoms with Gasteiger partial charge in [0.1, 0.15) is 17.7 Å². The fourth-order valence-corrected chi connectivity index (χ4v) is 2.32. The molecule has 2 rings (SSSR count). The molecule has 1 aromatic heterocycles. The Morgan fingerprint density at radius 3 is 2.85 bits per heavy atom. The van der Waals surface area contributed by atoms with Crippen molar-refractivity contribution < 1.29 is 18.7 Å². The molecule has 0 bridgehead atoms. The summed E-state index contributed by atoms with van der Waals surface area (Å²) in [7, 11) is 0. The minimum Gasteiger partial charge on any atom is -0.467 e. The quantitative estimate of drug-likeness (QED) is 0.803. The number of furan rings is 1. The molecule has 1 atom stereocenters. The largest absolute Gasteiger partial charge is 0.467 e. The van der Waals surface area contributed by atoms with Crippen LogP contribution in [-0.4, -0.2) is 23.3 Å². The summed E-state index contributed by atoms with van der Waals surface area (Å²) in [5.41, 5.74) is 0. The van der Waals surface area contributed by atoms with Crippen LogP contribution in [0.4, 0.5) is 4.39 Å². The molecular formula is C14H14FNO3S. The molecule has 0 fully saturated rings. The van der Waals surface area contributed by atoms with Gasteiger partial charge in [0.25, 0.3) is 0 Å². The Morgan fingerprint density at radius 1 is 1.35 bits per heavy atom. The van der Waals surface area contributed by atoms with Gasteiger partial charge in [0, 0.05) is 4.90 Å². The zero-order valence-corrected chi connectivity index (χ0v) is 11.4. The maximum atomic E-state index is 13.3. The van der Waals surface area contributed by atoms with E-state index in [0.717, 1.165) is 11.8 Å². The summed E-state index contributed by atoms with van der Waals surface area (Å²) < 4.78 is 18.4. The summed E-state index contributed by atoms with van der Waals surface area (Å²) in [6.45, 7) is 0.0597. The fraction of sp³-hybridized carbons (Fsp3) is 0.214. The van der Waals surface area contributed by atoms with Crippen LogP contribution in [0, 0.1) is 5.82 Å². The first-order valence-corrected chi connectivity index (χ1v) is 7.01. The van der Waals surface area contributed by atoms with E-state index in [1.54, 1.807) is 30.3 Å². The van der Waals surface area contributed by atoms with Crippen molar-refractivity contribution in [3.05, 3.63) is 54.2 Å². The van der Waals surface area contributed by atoms with Gasteiger partial charge in [-0.25, -0.2) is 4.39 Å². The number of carbonyl (C=O) groups is 1. The van der Waals surface area contributed by atoms with Crippen molar-refractivity contribution in [2.24, 2.45) is 0 Å². The molecule has 1 heterocycles. The van der Waals surface area contributed by atoms with Crippen molar-refractivity contribution >= 4 is 17.7 Å². The van der Waals surface area contributed by atoms with Crippen molar-refractivity contribution in [1.29, 1.82) is 0 Å². The van der Waals surface area contributed by atoms with Gasteiger partial charge < -0.3 is 14.8 Å². The maximum absolute atomic E-state index is 13.3. The van der Waals surface area contributed by atoms with Gasteiger partial charge in [-0.1, -0.05) is 12.1 Å². The molecule has 0 saturated heterocycles. The number of amides is 1.